The van der Waals surface area contributed by atoms with Crippen molar-refractivity contribution in [3.05, 3.63) is 47.1 Å². The molecule has 0 radical (unpaired) electrons. The largest absolute Gasteiger partial charge is 0.490 e. The number of imide groups is 1. The predicted molar refractivity (Wildman–Crippen MR) is 111 cm³/mol. The van der Waals surface area contributed by atoms with Gasteiger partial charge in [-0.3, -0.25) is 10.1 Å². The first-order chi connectivity index (χ1) is 15.2. The van der Waals surface area contributed by atoms with E-state index in [9.17, 15) is 22.4 Å². The van der Waals surface area contributed by atoms with E-state index in [-0.39, 0.29) is 42.0 Å². The number of sulfone groups is 1. The van der Waals surface area contributed by atoms with Gasteiger partial charge in [-0.15, -0.1) is 0 Å². The molecule has 11 heteroatoms. The Morgan fingerprint density at radius 3 is 2.78 bits per heavy atom. The van der Waals surface area contributed by atoms with Gasteiger partial charge in [0.05, 0.1) is 18.9 Å². The van der Waals surface area contributed by atoms with Crippen molar-refractivity contribution in [3.63, 3.8) is 0 Å². The fourth-order valence-electron chi connectivity index (χ4n) is 3.49. The van der Waals surface area contributed by atoms with E-state index >= 15 is 0 Å². The van der Waals surface area contributed by atoms with Crippen LogP contribution in [-0.2, 0) is 26.9 Å². The molecule has 1 aromatic carbocycles. The van der Waals surface area contributed by atoms with Gasteiger partial charge in [0.15, 0.2) is 27.2 Å². The molecule has 1 aliphatic heterocycles. The van der Waals surface area contributed by atoms with Gasteiger partial charge in [-0.1, -0.05) is 18.1 Å². The summed E-state index contributed by atoms with van der Waals surface area (Å²) >= 11 is 0. The van der Waals surface area contributed by atoms with Gasteiger partial charge in [0.25, 0.3) is 0 Å². The number of rotatable bonds is 10. The number of halogens is 1. The Balaban J connectivity index is 1.36. The molecule has 172 valence electrons. The quantitative estimate of drug-likeness (QED) is 0.535. The first-order valence-electron chi connectivity index (χ1n) is 10.3. The first kappa shape index (κ1) is 22.3. The molecule has 3 amide bonds. The molecule has 2 heterocycles. The van der Waals surface area contributed by atoms with Crippen LogP contribution in [0, 0.1) is 11.7 Å². The molecule has 4 rings (SSSR count). The third-order valence-corrected chi connectivity index (χ3v) is 7.12. The summed E-state index contributed by atoms with van der Waals surface area (Å²) in [4.78, 5) is 24.1. The third-order valence-electron chi connectivity index (χ3n) is 5.39. The predicted octanol–water partition coefficient (Wildman–Crippen LogP) is 2.37. The molecule has 0 bridgehead atoms. The van der Waals surface area contributed by atoms with Crippen LogP contribution in [0.2, 0.25) is 0 Å². The summed E-state index contributed by atoms with van der Waals surface area (Å²) < 4.78 is 50.1. The number of nitrogens with one attached hydrogen (secondary N) is 1. The lowest BCUT2D eigenvalue weighted by Gasteiger charge is -2.14. The van der Waals surface area contributed by atoms with E-state index in [4.69, 9.17) is 9.26 Å². The summed E-state index contributed by atoms with van der Waals surface area (Å²) in [7, 11) is -3.57. The highest BCUT2D eigenvalue weighted by atomic mass is 32.2. The third kappa shape index (κ3) is 5.64. The van der Waals surface area contributed by atoms with Crippen molar-refractivity contribution in [1.29, 1.82) is 0 Å². The normalized spacial score (nSPS) is 17.5. The molecule has 1 saturated carbocycles. The first-order valence-corrected chi connectivity index (χ1v) is 12.2. The fourth-order valence-corrected chi connectivity index (χ4v) is 5.13. The summed E-state index contributed by atoms with van der Waals surface area (Å²) in [6.45, 7) is 2.18. The summed E-state index contributed by atoms with van der Waals surface area (Å²) in [5, 5.41) is 5.95. The Labute approximate surface area is 184 Å². The van der Waals surface area contributed by atoms with Crippen LogP contribution in [0.25, 0.3) is 0 Å². The van der Waals surface area contributed by atoms with Gasteiger partial charge in [-0.25, -0.2) is 17.6 Å². The Bertz CT molecular complexity index is 1130. The molecule has 1 atom stereocenters. The lowest BCUT2D eigenvalue weighted by atomic mass is 10.0. The summed E-state index contributed by atoms with van der Waals surface area (Å²) in [5.41, 5.74) is 1.02. The molecule has 2 aromatic rings. The second-order valence-corrected chi connectivity index (χ2v) is 10.5. The minimum Gasteiger partial charge on any atom is -0.490 e. The summed E-state index contributed by atoms with van der Waals surface area (Å²) in [6.07, 6.45) is 2.17. The number of hydrogen-bond acceptors (Lipinski definition) is 7. The van der Waals surface area contributed by atoms with Crippen LogP contribution < -0.4 is 10.1 Å². The highest BCUT2D eigenvalue weighted by molar-refractivity contribution is 7.90. The molecule has 2 aliphatic rings. The Hall–Kier alpha value is -2.95. The lowest BCUT2D eigenvalue weighted by molar-refractivity contribution is -0.118. The zero-order valence-corrected chi connectivity index (χ0v) is 18.4. The van der Waals surface area contributed by atoms with E-state index in [1.54, 1.807) is 19.1 Å². The number of amides is 3. The van der Waals surface area contributed by atoms with Crippen molar-refractivity contribution in [2.24, 2.45) is 5.92 Å². The average Bonchev–Trinajstić information content (AvgIpc) is 3.36. The van der Waals surface area contributed by atoms with Gasteiger partial charge in [0, 0.05) is 6.07 Å². The maximum Gasteiger partial charge on any atom is 0.324 e. The minimum absolute atomic E-state index is 0.0384. The highest BCUT2D eigenvalue weighted by Crippen LogP contribution is 2.31. The molecule has 32 heavy (non-hydrogen) atoms. The number of urea groups is 1. The van der Waals surface area contributed by atoms with E-state index in [2.05, 4.69) is 10.5 Å². The number of aromatic nitrogens is 1. The van der Waals surface area contributed by atoms with E-state index in [1.807, 2.05) is 0 Å². The molecule has 1 N–H and O–H groups in total. The second kappa shape index (κ2) is 8.89. The SMILES string of the molecule is C[C@@H](CS(=O)(=O)Cc1cc(CN2CC(=O)NC2=O)no1)c1ccc(F)c(OCC2CC2)c1. The monoisotopic (exact) mass is 465 g/mol. The van der Waals surface area contributed by atoms with Crippen molar-refractivity contribution in [2.75, 3.05) is 18.9 Å². The molecular weight excluding hydrogens is 441 g/mol. The summed E-state index contributed by atoms with van der Waals surface area (Å²) in [5.74, 6) is -1.02. The van der Waals surface area contributed by atoms with Crippen molar-refractivity contribution in [1.82, 2.24) is 15.4 Å². The maximum absolute atomic E-state index is 14.0. The van der Waals surface area contributed by atoms with Crippen LogP contribution in [0.1, 0.15) is 42.7 Å². The second-order valence-electron chi connectivity index (χ2n) is 8.39. The van der Waals surface area contributed by atoms with Gasteiger partial charge in [-0.05, 0) is 42.4 Å². The van der Waals surface area contributed by atoms with Crippen LogP contribution in [0.3, 0.4) is 0 Å². The standard InChI is InChI=1S/C21H24FN3O6S/c1-13(15-4-5-18(22)19(6-15)30-10-14-2-3-14)11-32(28,29)12-17-7-16(24-31-17)8-25-9-20(26)23-21(25)27/h4-7,13-14H,2-3,8-12H2,1H3,(H,23,26,27)/t13-/m0/s1. The molecule has 1 aliphatic carbocycles. The highest BCUT2D eigenvalue weighted by Gasteiger charge is 2.28. The van der Waals surface area contributed by atoms with Gasteiger partial charge < -0.3 is 14.2 Å². The van der Waals surface area contributed by atoms with E-state index < -0.39 is 27.6 Å². The topological polar surface area (TPSA) is 119 Å². The lowest BCUT2D eigenvalue weighted by Crippen LogP contribution is -2.27. The van der Waals surface area contributed by atoms with Crippen LogP contribution >= 0.6 is 0 Å². The number of carbonyl (C=O) groups excluding carboxylic acids is 2. The number of benzene rings is 1. The van der Waals surface area contributed by atoms with Gasteiger partial charge in [0.1, 0.15) is 18.0 Å². The molecule has 2 fully saturated rings. The van der Waals surface area contributed by atoms with Crippen LogP contribution in [0.4, 0.5) is 9.18 Å². The Morgan fingerprint density at radius 2 is 2.09 bits per heavy atom. The number of nitrogens with zero attached hydrogens (tertiary/aromatic N) is 2. The fraction of sp³-hybridized carbons (Fsp3) is 0.476. The van der Waals surface area contributed by atoms with Crippen LogP contribution in [0.5, 0.6) is 5.75 Å². The van der Waals surface area contributed by atoms with E-state index in [1.165, 1.54) is 17.0 Å². The Morgan fingerprint density at radius 1 is 1.31 bits per heavy atom. The number of ether oxygens (including phenoxy) is 1. The molecule has 9 nitrogen and oxygen atoms in total. The smallest absolute Gasteiger partial charge is 0.324 e. The Kier molecular flexibility index (Phi) is 6.18. The van der Waals surface area contributed by atoms with Crippen LogP contribution in [-0.4, -0.2) is 49.3 Å². The zero-order valence-electron chi connectivity index (χ0n) is 17.5. The molecule has 1 saturated heterocycles. The van der Waals surface area contributed by atoms with Crippen molar-refractivity contribution < 1.29 is 31.7 Å². The molecule has 0 spiro atoms. The summed E-state index contributed by atoms with van der Waals surface area (Å²) in [6, 6.07) is 5.35. The average molecular weight is 466 g/mol. The molecule has 0 unspecified atom stereocenters. The van der Waals surface area contributed by atoms with Crippen molar-refractivity contribution >= 4 is 21.8 Å². The van der Waals surface area contributed by atoms with Crippen molar-refractivity contribution in [2.45, 2.75) is 38.0 Å². The minimum atomic E-state index is -3.57. The number of carbonyl (C=O) groups is 2. The van der Waals surface area contributed by atoms with Gasteiger partial charge in [0.2, 0.25) is 5.91 Å². The number of hydrogen-bond donors (Lipinski definition) is 1. The van der Waals surface area contributed by atoms with Crippen LogP contribution in [0.15, 0.2) is 28.8 Å². The van der Waals surface area contributed by atoms with Gasteiger partial charge >= 0.3 is 6.03 Å². The van der Waals surface area contributed by atoms with E-state index in [0.717, 1.165) is 12.8 Å². The maximum atomic E-state index is 14.0. The molecular formula is C21H24FN3O6S. The van der Waals surface area contributed by atoms with Gasteiger partial charge in [-0.2, -0.15) is 0 Å². The molecule has 1 aromatic heterocycles. The van der Waals surface area contributed by atoms with Crippen molar-refractivity contribution in [3.8, 4) is 5.75 Å². The van der Waals surface area contributed by atoms with E-state index in [0.29, 0.717) is 23.8 Å². The zero-order chi connectivity index (χ0) is 22.9.